The van der Waals surface area contributed by atoms with E-state index >= 15 is 0 Å². The maximum absolute atomic E-state index is 13.6. The quantitative estimate of drug-likeness (QED) is 0.637. The monoisotopic (exact) mass is 359 g/mol. The molecule has 0 saturated carbocycles. The molecule has 0 fully saturated rings. The number of halogens is 1. The highest BCUT2D eigenvalue weighted by atomic mass is 32.2. The van der Waals surface area contributed by atoms with E-state index in [2.05, 4.69) is 15.0 Å². The zero-order chi connectivity index (χ0) is 16.9. The first kappa shape index (κ1) is 16.5. The van der Waals surface area contributed by atoms with Gasteiger partial charge >= 0.3 is 0 Å². The number of pyridine rings is 1. The molecule has 4 nitrogen and oxygen atoms in total. The highest BCUT2D eigenvalue weighted by Crippen LogP contribution is 2.25. The molecule has 122 valence electrons. The van der Waals surface area contributed by atoms with Gasteiger partial charge in [-0.15, -0.1) is 11.3 Å². The van der Waals surface area contributed by atoms with Gasteiger partial charge in [-0.3, -0.25) is 9.78 Å². The standard InChI is InChI=1S/C17H14FN3OS2/c1-23-21-14-8-12(18)7-13(9-14)20-17(22)16-6-11(10-24-16)15-4-2-3-5-19-15/h2-10,21H,1H3,(H,20,22). The van der Waals surface area contributed by atoms with Crippen LogP contribution in [0.1, 0.15) is 9.67 Å². The van der Waals surface area contributed by atoms with Crippen molar-refractivity contribution < 1.29 is 9.18 Å². The lowest BCUT2D eigenvalue weighted by Crippen LogP contribution is -2.10. The molecule has 0 unspecified atom stereocenters. The van der Waals surface area contributed by atoms with Gasteiger partial charge in [-0.2, -0.15) is 0 Å². The number of nitrogens with zero attached hydrogens (tertiary/aromatic N) is 1. The average molecular weight is 359 g/mol. The van der Waals surface area contributed by atoms with E-state index in [9.17, 15) is 9.18 Å². The number of carbonyl (C=O) groups is 1. The van der Waals surface area contributed by atoms with Crippen LogP contribution in [0.15, 0.2) is 54.0 Å². The summed E-state index contributed by atoms with van der Waals surface area (Å²) < 4.78 is 16.6. The van der Waals surface area contributed by atoms with E-state index < -0.39 is 5.82 Å². The summed E-state index contributed by atoms with van der Waals surface area (Å²) in [6.45, 7) is 0. The number of carbonyl (C=O) groups excluding carboxylic acids is 1. The minimum absolute atomic E-state index is 0.275. The summed E-state index contributed by atoms with van der Waals surface area (Å²) in [7, 11) is 0. The van der Waals surface area contributed by atoms with Gasteiger partial charge in [-0.1, -0.05) is 18.0 Å². The molecule has 0 saturated heterocycles. The predicted molar refractivity (Wildman–Crippen MR) is 99.0 cm³/mol. The number of hydrogen-bond acceptors (Lipinski definition) is 5. The molecule has 0 aliphatic heterocycles. The first-order valence-corrected chi connectivity index (χ1v) is 9.17. The van der Waals surface area contributed by atoms with Crippen molar-refractivity contribution in [2.24, 2.45) is 0 Å². The largest absolute Gasteiger partial charge is 0.330 e. The van der Waals surface area contributed by atoms with E-state index in [-0.39, 0.29) is 5.91 Å². The van der Waals surface area contributed by atoms with E-state index in [4.69, 9.17) is 0 Å². The van der Waals surface area contributed by atoms with Gasteiger partial charge < -0.3 is 10.0 Å². The molecule has 2 heterocycles. The van der Waals surface area contributed by atoms with Crippen LogP contribution in [0.25, 0.3) is 11.3 Å². The van der Waals surface area contributed by atoms with Crippen molar-refractivity contribution >= 4 is 40.6 Å². The Morgan fingerprint density at radius 1 is 1.21 bits per heavy atom. The zero-order valence-corrected chi connectivity index (χ0v) is 14.4. The zero-order valence-electron chi connectivity index (χ0n) is 12.7. The van der Waals surface area contributed by atoms with Crippen molar-refractivity contribution in [2.75, 3.05) is 16.3 Å². The Morgan fingerprint density at radius 2 is 2.04 bits per heavy atom. The van der Waals surface area contributed by atoms with Gasteiger partial charge in [0.25, 0.3) is 5.91 Å². The third kappa shape index (κ3) is 3.93. The first-order valence-electron chi connectivity index (χ1n) is 7.06. The highest BCUT2D eigenvalue weighted by Gasteiger charge is 2.12. The lowest BCUT2D eigenvalue weighted by molar-refractivity contribution is 0.103. The van der Waals surface area contributed by atoms with Crippen LogP contribution in [0.2, 0.25) is 0 Å². The van der Waals surface area contributed by atoms with Crippen LogP contribution in [-0.2, 0) is 0 Å². The molecule has 24 heavy (non-hydrogen) atoms. The van der Waals surface area contributed by atoms with E-state index in [1.165, 1.54) is 35.4 Å². The van der Waals surface area contributed by atoms with Crippen LogP contribution in [0.3, 0.4) is 0 Å². The molecule has 1 amide bonds. The molecule has 7 heteroatoms. The second-order valence-electron chi connectivity index (χ2n) is 4.90. The lowest BCUT2D eigenvalue weighted by Gasteiger charge is -2.07. The van der Waals surface area contributed by atoms with E-state index in [0.29, 0.717) is 16.3 Å². The Labute approximate surface area is 147 Å². The van der Waals surface area contributed by atoms with Crippen molar-refractivity contribution in [1.29, 1.82) is 0 Å². The van der Waals surface area contributed by atoms with Crippen LogP contribution in [0, 0.1) is 5.82 Å². The maximum atomic E-state index is 13.6. The molecule has 0 aliphatic carbocycles. The average Bonchev–Trinajstić information content (AvgIpc) is 3.05. The first-order chi connectivity index (χ1) is 11.7. The van der Waals surface area contributed by atoms with Crippen LogP contribution < -0.4 is 10.0 Å². The molecule has 0 radical (unpaired) electrons. The van der Waals surface area contributed by atoms with Crippen molar-refractivity contribution in [3.63, 3.8) is 0 Å². The Bertz CT molecular complexity index is 852. The van der Waals surface area contributed by atoms with Crippen molar-refractivity contribution in [2.45, 2.75) is 0 Å². The molecular weight excluding hydrogens is 345 g/mol. The highest BCUT2D eigenvalue weighted by molar-refractivity contribution is 7.99. The third-order valence-corrected chi connectivity index (χ3v) is 4.53. The summed E-state index contributed by atoms with van der Waals surface area (Å²) in [5, 5.41) is 4.60. The number of amides is 1. The number of rotatable bonds is 5. The molecule has 1 aromatic carbocycles. The minimum Gasteiger partial charge on any atom is -0.330 e. The molecule has 2 aromatic heterocycles. The number of anilines is 2. The number of benzene rings is 1. The Morgan fingerprint density at radius 3 is 2.79 bits per heavy atom. The summed E-state index contributed by atoms with van der Waals surface area (Å²) >= 11 is 2.68. The minimum atomic E-state index is -0.412. The van der Waals surface area contributed by atoms with Crippen molar-refractivity contribution in [1.82, 2.24) is 4.98 Å². The maximum Gasteiger partial charge on any atom is 0.265 e. The number of aromatic nitrogens is 1. The summed E-state index contributed by atoms with van der Waals surface area (Å²) in [5.74, 6) is -0.687. The van der Waals surface area contributed by atoms with Gasteiger partial charge in [0.15, 0.2) is 0 Å². The smallest absolute Gasteiger partial charge is 0.265 e. The molecule has 0 atom stereocenters. The molecule has 0 spiro atoms. The number of hydrogen-bond donors (Lipinski definition) is 2. The van der Waals surface area contributed by atoms with Gasteiger partial charge in [-0.05, 0) is 36.4 Å². The second-order valence-corrected chi connectivity index (χ2v) is 6.43. The third-order valence-electron chi connectivity index (χ3n) is 3.16. The van der Waals surface area contributed by atoms with Crippen LogP contribution >= 0.6 is 23.3 Å². The molecular formula is C17H14FN3OS2. The molecule has 3 rings (SSSR count). The molecule has 2 N–H and O–H groups in total. The number of nitrogens with one attached hydrogen (secondary N) is 2. The fraction of sp³-hybridized carbons (Fsp3) is 0.0588. The van der Waals surface area contributed by atoms with Gasteiger partial charge in [0, 0.05) is 34.8 Å². The normalized spacial score (nSPS) is 10.4. The van der Waals surface area contributed by atoms with Gasteiger partial charge in [0.05, 0.1) is 10.6 Å². The van der Waals surface area contributed by atoms with E-state index in [0.717, 1.165) is 11.3 Å². The molecule has 0 aliphatic rings. The lowest BCUT2D eigenvalue weighted by atomic mass is 10.2. The molecule has 0 bridgehead atoms. The molecule has 3 aromatic rings. The van der Waals surface area contributed by atoms with Gasteiger partial charge in [-0.25, -0.2) is 4.39 Å². The van der Waals surface area contributed by atoms with Crippen molar-refractivity contribution in [3.8, 4) is 11.3 Å². The summed E-state index contributed by atoms with van der Waals surface area (Å²) in [6, 6.07) is 11.7. The SMILES string of the molecule is CSNc1cc(F)cc(NC(=O)c2cc(-c3ccccn3)cs2)c1. The Kier molecular flexibility index (Phi) is 5.12. The van der Waals surface area contributed by atoms with Crippen LogP contribution in [0.4, 0.5) is 15.8 Å². The predicted octanol–water partition coefficient (Wildman–Crippen LogP) is 4.89. The van der Waals surface area contributed by atoms with E-state index in [1.54, 1.807) is 18.3 Å². The van der Waals surface area contributed by atoms with Crippen LogP contribution in [0.5, 0.6) is 0 Å². The van der Waals surface area contributed by atoms with Crippen LogP contribution in [-0.4, -0.2) is 17.1 Å². The fourth-order valence-electron chi connectivity index (χ4n) is 2.15. The Balaban J connectivity index is 1.77. The fourth-order valence-corrected chi connectivity index (χ4v) is 3.30. The topological polar surface area (TPSA) is 54.0 Å². The van der Waals surface area contributed by atoms with Gasteiger partial charge in [0.1, 0.15) is 5.82 Å². The summed E-state index contributed by atoms with van der Waals surface area (Å²) in [4.78, 5) is 17.2. The van der Waals surface area contributed by atoms with Gasteiger partial charge in [0.2, 0.25) is 0 Å². The summed E-state index contributed by atoms with van der Waals surface area (Å²) in [6.07, 6.45) is 3.55. The second kappa shape index (κ2) is 7.46. The summed E-state index contributed by atoms with van der Waals surface area (Å²) in [5.41, 5.74) is 2.70. The van der Waals surface area contributed by atoms with Crippen molar-refractivity contribution in [3.05, 3.63) is 64.7 Å². The number of thiophene rings is 1. The van der Waals surface area contributed by atoms with E-state index in [1.807, 2.05) is 29.8 Å². The Hall–Kier alpha value is -2.38.